The lowest BCUT2D eigenvalue weighted by Crippen LogP contribution is -2.41. The second kappa shape index (κ2) is 14.3. The number of nitrogens with one attached hydrogen (secondary N) is 1. The molecule has 0 saturated carbocycles. The molecule has 0 aliphatic carbocycles. The van der Waals surface area contributed by atoms with Gasteiger partial charge in [0, 0.05) is 18.7 Å². The van der Waals surface area contributed by atoms with Crippen molar-refractivity contribution in [1.82, 2.24) is 24.9 Å². The molecule has 0 bridgehead atoms. The summed E-state index contributed by atoms with van der Waals surface area (Å²) in [5.41, 5.74) is 2.35. The molecule has 1 atom stereocenters. The molecule has 2 heterocycles. The van der Waals surface area contributed by atoms with Crippen LogP contribution in [0.1, 0.15) is 92.9 Å². The highest BCUT2D eigenvalue weighted by molar-refractivity contribution is 5.94. The maximum atomic E-state index is 14.2. The molecule has 2 aromatic heterocycles. The summed E-state index contributed by atoms with van der Waals surface area (Å²) in [7, 11) is 0. The lowest BCUT2D eigenvalue weighted by molar-refractivity contribution is 0.0523. The van der Waals surface area contributed by atoms with Crippen LogP contribution in [-0.4, -0.2) is 50.3 Å². The predicted octanol–water partition coefficient (Wildman–Crippen LogP) is 6.20. The van der Waals surface area contributed by atoms with E-state index in [1.807, 2.05) is 61.5 Å². The first-order valence-corrected chi connectivity index (χ1v) is 15.3. The Kier molecular flexibility index (Phi) is 10.6. The average molecular weight is 602 g/mol. The Morgan fingerprint density at radius 1 is 1.05 bits per heavy atom. The Balaban J connectivity index is 1.73. The Bertz CT molecular complexity index is 1620. The van der Waals surface area contributed by atoms with Gasteiger partial charge in [0.1, 0.15) is 16.8 Å². The van der Waals surface area contributed by atoms with Crippen LogP contribution in [-0.2, 0) is 17.7 Å². The quantitative estimate of drug-likeness (QED) is 0.192. The molecule has 10 heteroatoms. The van der Waals surface area contributed by atoms with Crippen LogP contribution >= 0.6 is 0 Å². The van der Waals surface area contributed by atoms with Crippen molar-refractivity contribution >= 4 is 23.1 Å². The van der Waals surface area contributed by atoms with Crippen LogP contribution in [0.25, 0.3) is 11.1 Å². The van der Waals surface area contributed by atoms with Gasteiger partial charge in [-0.25, -0.2) is 4.79 Å². The van der Waals surface area contributed by atoms with Crippen LogP contribution in [0.2, 0.25) is 0 Å². The Morgan fingerprint density at radius 2 is 1.75 bits per heavy atom. The molecule has 0 saturated heterocycles. The number of amides is 2. The molecule has 1 unspecified atom stereocenters. The molecule has 44 heavy (non-hydrogen) atoms. The normalized spacial score (nSPS) is 12.2. The number of aromatic nitrogens is 3. The molecule has 0 radical (unpaired) electrons. The van der Waals surface area contributed by atoms with E-state index in [-0.39, 0.29) is 23.7 Å². The van der Waals surface area contributed by atoms with Gasteiger partial charge >= 0.3 is 6.09 Å². The fraction of sp³-hybridized carbons (Fsp3) is 0.441. The van der Waals surface area contributed by atoms with E-state index in [2.05, 4.69) is 17.4 Å². The summed E-state index contributed by atoms with van der Waals surface area (Å²) in [6, 6.07) is 16.7. The first-order chi connectivity index (χ1) is 21.0. The number of hydrogen-bond acceptors (Lipinski definition) is 7. The number of carbonyl (C=O) groups is 2. The number of fused-ring (bicyclic) bond motifs is 1. The van der Waals surface area contributed by atoms with E-state index in [9.17, 15) is 14.4 Å². The first kappa shape index (κ1) is 32.4. The van der Waals surface area contributed by atoms with Crippen molar-refractivity contribution in [1.29, 1.82) is 0 Å². The van der Waals surface area contributed by atoms with E-state index >= 15 is 0 Å². The summed E-state index contributed by atoms with van der Waals surface area (Å²) in [5, 5.41) is 7.10. The molecule has 1 N–H and O–H groups in total. The third kappa shape index (κ3) is 7.92. The van der Waals surface area contributed by atoms with Crippen LogP contribution in [0.4, 0.5) is 4.79 Å². The summed E-state index contributed by atoms with van der Waals surface area (Å²) in [5.74, 6) is 0.229. The maximum Gasteiger partial charge on any atom is 0.407 e. The van der Waals surface area contributed by atoms with Gasteiger partial charge < -0.3 is 19.5 Å². The number of ether oxygens (including phenoxy) is 1. The van der Waals surface area contributed by atoms with Gasteiger partial charge in [0.15, 0.2) is 0 Å². The van der Waals surface area contributed by atoms with E-state index < -0.39 is 17.7 Å². The zero-order chi connectivity index (χ0) is 31.9. The van der Waals surface area contributed by atoms with Gasteiger partial charge in [0.2, 0.25) is 0 Å². The second-order valence-corrected chi connectivity index (χ2v) is 11.9. The monoisotopic (exact) mass is 601 g/mol. The minimum atomic E-state index is -0.616. The molecule has 0 aliphatic heterocycles. The largest absolute Gasteiger partial charge is 0.444 e. The van der Waals surface area contributed by atoms with E-state index in [0.29, 0.717) is 48.4 Å². The fourth-order valence-electron chi connectivity index (χ4n) is 5.22. The lowest BCUT2D eigenvalue weighted by atomic mass is 10.0. The van der Waals surface area contributed by atoms with Gasteiger partial charge in [0.05, 0.1) is 18.3 Å². The zero-order valence-electron chi connectivity index (χ0n) is 26.6. The maximum absolute atomic E-state index is 14.2. The third-order valence-electron chi connectivity index (χ3n) is 7.29. The number of benzene rings is 2. The van der Waals surface area contributed by atoms with Crippen LogP contribution in [0.5, 0.6) is 0 Å². The van der Waals surface area contributed by atoms with E-state index in [1.54, 1.807) is 37.2 Å². The van der Waals surface area contributed by atoms with Crippen molar-refractivity contribution in [2.24, 2.45) is 0 Å². The summed E-state index contributed by atoms with van der Waals surface area (Å²) >= 11 is 0. The van der Waals surface area contributed by atoms with Crippen LogP contribution in [0.15, 0.2) is 63.9 Å². The topological polar surface area (TPSA) is 120 Å². The number of hydrogen-bond donors (Lipinski definition) is 1. The molecule has 4 aromatic rings. The highest BCUT2D eigenvalue weighted by Gasteiger charge is 2.30. The van der Waals surface area contributed by atoms with Gasteiger partial charge in [0.25, 0.3) is 17.2 Å². The van der Waals surface area contributed by atoms with Gasteiger partial charge in [-0.15, -0.1) is 0 Å². The Labute approximate surface area is 258 Å². The fourth-order valence-corrected chi connectivity index (χ4v) is 5.22. The number of nitrogens with zero attached hydrogens (tertiary/aromatic N) is 4. The van der Waals surface area contributed by atoms with Crippen LogP contribution in [0, 0.1) is 6.92 Å². The smallest absolute Gasteiger partial charge is 0.407 e. The summed E-state index contributed by atoms with van der Waals surface area (Å²) in [6.07, 6.45) is 2.37. The highest BCUT2D eigenvalue weighted by atomic mass is 16.6. The first-order valence-electron chi connectivity index (χ1n) is 15.3. The molecule has 4 rings (SSSR count). The zero-order valence-corrected chi connectivity index (χ0v) is 26.6. The minimum absolute atomic E-state index is 0.146. The Hall–Kier alpha value is -4.47. The molecule has 2 amide bonds. The number of aryl methyl sites for hydroxylation is 2. The molecule has 0 aliphatic rings. The third-order valence-corrected chi connectivity index (χ3v) is 7.29. The van der Waals surface area contributed by atoms with Crippen molar-refractivity contribution in [3.05, 3.63) is 93.2 Å². The van der Waals surface area contributed by atoms with Crippen LogP contribution in [0.3, 0.4) is 0 Å². The van der Waals surface area contributed by atoms with Gasteiger partial charge in [-0.05, 0) is 70.2 Å². The summed E-state index contributed by atoms with van der Waals surface area (Å²) in [4.78, 5) is 46.9. The molecule has 0 fully saturated rings. The van der Waals surface area contributed by atoms with Gasteiger partial charge in [-0.3, -0.25) is 14.2 Å². The number of alkyl carbamates (subject to hydrolysis) is 1. The standard InChI is InChI=1S/C34H43N5O5/c1-7-13-24-16-18-26(19-17-24)31(40)38(21-12-20-35-33(42)43-34(4,5)6)27(8-2)29-36-30-28(23(3)37-44-30)32(41)39(29)22-25-14-10-9-11-15-25/h9-11,14-19,27H,7-8,12-13,20-22H2,1-6H3,(H,35,42). The van der Waals surface area contributed by atoms with E-state index in [4.69, 9.17) is 14.2 Å². The number of carbonyl (C=O) groups excluding carboxylic acids is 2. The summed E-state index contributed by atoms with van der Waals surface area (Å²) < 4.78 is 12.4. The molecule has 0 spiro atoms. The molecule has 234 valence electrons. The SMILES string of the molecule is CCCc1ccc(C(=O)N(CCCNC(=O)OC(C)(C)C)C(CC)c2nc3onc(C)c3c(=O)n2Cc2ccccc2)cc1. The van der Waals surface area contributed by atoms with Gasteiger partial charge in [-0.2, -0.15) is 4.98 Å². The van der Waals surface area contributed by atoms with E-state index in [0.717, 1.165) is 24.0 Å². The van der Waals surface area contributed by atoms with Crippen molar-refractivity contribution in [3.63, 3.8) is 0 Å². The predicted molar refractivity (Wildman–Crippen MR) is 170 cm³/mol. The molecule has 10 nitrogen and oxygen atoms in total. The highest BCUT2D eigenvalue weighted by Crippen LogP contribution is 2.27. The van der Waals surface area contributed by atoms with Gasteiger partial charge in [-0.1, -0.05) is 67.9 Å². The molecular formula is C34H43N5O5. The Morgan fingerprint density at radius 3 is 2.39 bits per heavy atom. The van der Waals surface area contributed by atoms with Crippen molar-refractivity contribution < 1.29 is 18.8 Å². The summed E-state index contributed by atoms with van der Waals surface area (Å²) in [6.45, 7) is 12.1. The lowest BCUT2D eigenvalue weighted by Gasteiger charge is -2.32. The molecular weight excluding hydrogens is 558 g/mol. The van der Waals surface area contributed by atoms with Crippen molar-refractivity contribution in [3.8, 4) is 0 Å². The second-order valence-electron chi connectivity index (χ2n) is 11.9. The van der Waals surface area contributed by atoms with Crippen molar-refractivity contribution in [2.75, 3.05) is 13.1 Å². The average Bonchev–Trinajstić information content (AvgIpc) is 3.36. The molecule has 2 aromatic carbocycles. The van der Waals surface area contributed by atoms with E-state index in [1.165, 1.54) is 0 Å². The number of rotatable bonds is 12. The van der Waals surface area contributed by atoms with Crippen LogP contribution < -0.4 is 10.9 Å². The van der Waals surface area contributed by atoms with Crippen molar-refractivity contribution in [2.45, 2.75) is 85.4 Å². The minimum Gasteiger partial charge on any atom is -0.444 e.